The lowest BCUT2D eigenvalue weighted by molar-refractivity contribution is -0.0515. The smallest absolute Gasteiger partial charge is 0.267 e. The molecule has 1 aliphatic rings. The Morgan fingerprint density at radius 2 is 2.05 bits per heavy atom. The number of nitrogens with zero attached hydrogens (tertiary/aromatic N) is 1. The quantitative estimate of drug-likeness (QED) is 0.828. The molecule has 0 radical (unpaired) electrons. The van der Waals surface area contributed by atoms with E-state index in [0.29, 0.717) is 13.0 Å². The van der Waals surface area contributed by atoms with Gasteiger partial charge in [-0.3, -0.25) is 9.08 Å². The normalized spacial score (nSPS) is 27.7. The molecule has 1 saturated heterocycles. The molecule has 0 aromatic heterocycles. The maximum atomic E-state index is 11.7. The van der Waals surface area contributed by atoms with Crippen LogP contribution in [-0.4, -0.2) is 50.0 Å². The number of hydrogen-bond donors (Lipinski definition) is 1. The van der Waals surface area contributed by atoms with E-state index in [1.54, 1.807) is 6.92 Å². The molecule has 1 aromatic carbocycles. The van der Waals surface area contributed by atoms with Gasteiger partial charge in [-0.1, -0.05) is 30.3 Å². The van der Waals surface area contributed by atoms with Crippen molar-refractivity contribution < 1.29 is 17.7 Å². The van der Waals surface area contributed by atoms with Crippen LogP contribution in [-0.2, 0) is 20.8 Å². The maximum Gasteiger partial charge on any atom is 0.267 e. The van der Waals surface area contributed by atoms with Crippen LogP contribution in [0.3, 0.4) is 0 Å². The lowest BCUT2D eigenvalue weighted by Crippen LogP contribution is -2.52. The second-order valence-electron chi connectivity index (χ2n) is 5.92. The van der Waals surface area contributed by atoms with Crippen molar-refractivity contribution in [2.24, 2.45) is 5.92 Å². The molecule has 0 spiro atoms. The van der Waals surface area contributed by atoms with E-state index in [1.165, 1.54) is 5.56 Å². The minimum Gasteiger partial charge on any atom is -0.390 e. The van der Waals surface area contributed by atoms with Gasteiger partial charge in [0.25, 0.3) is 10.1 Å². The molecule has 5 nitrogen and oxygen atoms in total. The Balaban J connectivity index is 2.05. The van der Waals surface area contributed by atoms with Crippen LogP contribution in [0, 0.1) is 5.92 Å². The molecule has 1 N–H and O–H groups in total. The van der Waals surface area contributed by atoms with Gasteiger partial charge in [-0.25, -0.2) is 0 Å². The van der Waals surface area contributed by atoms with Crippen molar-refractivity contribution in [2.45, 2.75) is 25.5 Å². The summed E-state index contributed by atoms with van der Waals surface area (Å²) in [6.45, 7) is 3.78. The molecule has 118 valence electrons. The number of hydrogen-bond acceptors (Lipinski definition) is 5. The Morgan fingerprint density at radius 1 is 1.38 bits per heavy atom. The molecule has 1 heterocycles. The molecule has 2 atom stereocenters. The van der Waals surface area contributed by atoms with Gasteiger partial charge in [-0.2, -0.15) is 8.42 Å². The first-order chi connectivity index (χ1) is 9.82. The molecule has 0 aliphatic carbocycles. The van der Waals surface area contributed by atoms with Gasteiger partial charge in [0.15, 0.2) is 0 Å². The number of aliphatic hydroxyl groups is 1. The van der Waals surface area contributed by atoms with Crippen molar-refractivity contribution in [1.82, 2.24) is 4.90 Å². The van der Waals surface area contributed by atoms with Crippen LogP contribution in [0.2, 0.25) is 0 Å². The third-order valence-electron chi connectivity index (χ3n) is 4.20. The van der Waals surface area contributed by atoms with E-state index in [-0.39, 0.29) is 11.7 Å². The lowest BCUT2D eigenvalue weighted by Gasteiger charge is -2.42. The van der Waals surface area contributed by atoms with Gasteiger partial charge in [-0.15, -0.1) is 0 Å². The summed E-state index contributed by atoms with van der Waals surface area (Å²) in [6.07, 6.45) is 0.559. The molecule has 0 bridgehead atoms. The summed E-state index contributed by atoms with van der Waals surface area (Å²) in [4.78, 5) is 2.18. The predicted molar refractivity (Wildman–Crippen MR) is 81.2 cm³/mol. The average Bonchev–Trinajstić information content (AvgIpc) is 2.44. The highest BCUT2D eigenvalue weighted by Crippen LogP contribution is 2.29. The summed E-state index contributed by atoms with van der Waals surface area (Å²) in [5.41, 5.74) is 0.214. The van der Waals surface area contributed by atoms with Gasteiger partial charge in [0.1, 0.15) is 0 Å². The first-order valence-electron chi connectivity index (χ1n) is 7.09. The predicted octanol–water partition coefficient (Wildman–Crippen LogP) is 1.24. The molecular weight excluding hydrogens is 290 g/mol. The Labute approximate surface area is 126 Å². The van der Waals surface area contributed by atoms with E-state index >= 15 is 0 Å². The Bertz CT molecular complexity index is 556. The molecule has 0 saturated carbocycles. The van der Waals surface area contributed by atoms with Gasteiger partial charge in [-0.05, 0) is 18.9 Å². The standard InChI is InChI=1S/C15H23NO4S/c1-15(17)8-9-16(10-13-6-4-3-5-7-13)11-14(15)12-21(18,19)20-2/h3-7,14,17H,8-12H2,1-2H3. The molecule has 0 amide bonds. The third-order valence-corrected chi connectivity index (χ3v) is 5.52. The maximum absolute atomic E-state index is 11.7. The molecule has 1 aliphatic heterocycles. The first kappa shape index (κ1) is 16.4. The molecule has 6 heteroatoms. The van der Waals surface area contributed by atoms with Gasteiger partial charge in [0.2, 0.25) is 0 Å². The number of rotatable bonds is 5. The monoisotopic (exact) mass is 313 g/mol. The Hall–Kier alpha value is -0.950. The van der Waals surface area contributed by atoms with Gasteiger partial charge in [0, 0.05) is 25.6 Å². The zero-order valence-electron chi connectivity index (χ0n) is 12.5. The van der Waals surface area contributed by atoms with Crippen LogP contribution >= 0.6 is 0 Å². The second-order valence-corrected chi connectivity index (χ2v) is 7.70. The van der Waals surface area contributed by atoms with E-state index in [0.717, 1.165) is 20.2 Å². The fraction of sp³-hybridized carbons (Fsp3) is 0.600. The zero-order valence-corrected chi connectivity index (χ0v) is 13.3. The SMILES string of the molecule is COS(=O)(=O)CC1CN(Cc2ccccc2)CCC1(C)O. The summed E-state index contributed by atoms with van der Waals surface area (Å²) in [5.74, 6) is -0.498. The highest BCUT2D eigenvalue weighted by molar-refractivity contribution is 7.86. The molecular formula is C15H23NO4S. The topological polar surface area (TPSA) is 66.8 Å². The van der Waals surface area contributed by atoms with Crippen LogP contribution < -0.4 is 0 Å². The van der Waals surface area contributed by atoms with Crippen LogP contribution in [0.4, 0.5) is 0 Å². The number of piperidine rings is 1. The highest BCUT2D eigenvalue weighted by Gasteiger charge is 2.40. The van der Waals surface area contributed by atoms with Crippen LogP contribution in [0.5, 0.6) is 0 Å². The molecule has 21 heavy (non-hydrogen) atoms. The largest absolute Gasteiger partial charge is 0.390 e. The minimum atomic E-state index is -3.57. The van der Waals surface area contributed by atoms with Crippen molar-refractivity contribution in [3.05, 3.63) is 35.9 Å². The Morgan fingerprint density at radius 3 is 2.67 bits per heavy atom. The summed E-state index contributed by atoms with van der Waals surface area (Å²) >= 11 is 0. The molecule has 2 unspecified atom stereocenters. The van der Waals surface area contributed by atoms with Crippen molar-refractivity contribution in [3.63, 3.8) is 0 Å². The highest BCUT2D eigenvalue weighted by atomic mass is 32.2. The van der Waals surface area contributed by atoms with Crippen LogP contribution in [0.15, 0.2) is 30.3 Å². The summed E-state index contributed by atoms with van der Waals surface area (Å²) < 4.78 is 27.9. The van der Waals surface area contributed by atoms with Crippen molar-refractivity contribution in [1.29, 1.82) is 0 Å². The van der Waals surface area contributed by atoms with E-state index in [1.807, 2.05) is 30.3 Å². The van der Waals surface area contributed by atoms with E-state index < -0.39 is 15.7 Å². The van der Waals surface area contributed by atoms with Crippen molar-refractivity contribution in [3.8, 4) is 0 Å². The fourth-order valence-electron chi connectivity index (χ4n) is 2.72. The zero-order chi connectivity index (χ0) is 15.5. The third kappa shape index (κ3) is 4.51. The fourth-order valence-corrected chi connectivity index (χ4v) is 3.81. The summed E-state index contributed by atoms with van der Waals surface area (Å²) in [6, 6.07) is 10.0. The van der Waals surface area contributed by atoms with Gasteiger partial charge in [0.05, 0.1) is 18.5 Å². The van der Waals surface area contributed by atoms with Crippen molar-refractivity contribution >= 4 is 10.1 Å². The Kier molecular flexibility index (Phi) is 5.03. The number of benzene rings is 1. The average molecular weight is 313 g/mol. The molecule has 1 fully saturated rings. The molecule has 2 rings (SSSR count). The van der Waals surface area contributed by atoms with Gasteiger partial charge >= 0.3 is 0 Å². The second kappa shape index (κ2) is 6.44. The van der Waals surface area contributed by atoms with Crippen LogP contribution in [0.1, 0.15) is 18.9 Å². The van der Waals surface area contributed by atoms with E-state index in [2.05, 4.69) is 9.08 Å². The summed E-state index contributed by atoms with van der Waals surface area (Å²) in [5, 5.41) is 10.4. The minimum absolute atomic E-state index is 0.151. The van der Waals surface area contributed by atoms with Crippen LogP contribution in [0.25, 0.3) is 0 Å². The van der Waals surface area contributed by atoms with Gasteiger partial charge < -0.3 is 5.11 Å². The van der Waals surface area contributed by atoms with E-state index in [4.69, 9.17) is 0 Å². The summed E-state index contributed by atoms with van der Waals surface area (Å²) in [7, 11) is -2.41. The first-order valence-corrected chi connectivity index (χ1v) is 8.67. The van der Waals surface area contributed by atoms with E-state index in [9.17, 15) is 13.5 Å². The number of likely N-dealkylation sites (tertiary alicyclic amines) is 1. The lowest BCUT2D eigenvalue weighted by atomic mass is 9.83. The molecule has 1 aromatic rings. The van der Waals surface area contributed by atoms with Crippen molar-refractivity contribution in [2.75, 3.05) is 26.0 Å².